The molecule has 0 bridgehead atoms. The van der Waals surface area contributed by atoms with Crippen LogP contribution in [0.1, 0.15) is 55.4 Å². The second-order valence-corrected chi connectivity index (χ2v) is 1.94. The first-order valence-electron chi connectivity index (χ1n) is 7.26. The number of nitrogens with one attached hydrogen (secondary N) is 1. The van der Waals surface area contributed by atoms with Crippen LogP contribution in [0.15, 0.2) is 37.2 Å². The topological polar surface area (TPSA) is 46.5 Å². The van der Waals surface area contributed by atoms with Crippen molar-refractivity contribution >= 4 is 0 Å². The minimum Gasteiger partial charge on any atom is -0.351 e. The first kappa shape index (κ1) is 26.1. The van der Waals surface area contributed by atoms with Crippen LogP contribution in [0.25, 0.3) is 0 Å². The maximum atomic E-state index is 3.83. The SMILES string of the molecule is CC.CC.CC.CC.Cn1cccn1.c1c[nH]cn1. The van der Waals surface area contributed by atoms with Gasteiger partial charge in [0.25, 0.3) is 0 Å². The number of aromatic nitrogens is 4. The summed E-state index contributed by atoms with van der Waals surface area (Å²) in [5, 5.41) is 3.83. The third-order valence-electron chi connectivity index (χ3n) is 1.04. The van der Waals surface area contributed by atoms with Crippen LogP contribution < -0.4 is 0 Å². The van der Waals surface area contributed by atoms with Crippen molar-refractivity contribution in [3.8, 4) is 0 Å². The highest BCUT2D eigenvalue weighted by atomic mass is 15.2. The van der Waals surface area contributed by atoms with Crippen LogP contribution in [0, 0.1) is 0 Å². The Morgan fingerprint density at radius 3 is 1.47 bits per heavy atom. The molecule has 1 N–H and O–H groups in total. The third kappa shape index (κ3) is 31.4. The number of nitrogens with zero attached hydrogens (tertiary/aromatic N) is 3. The predicted molar refractivity (Wildman–Crippen MR) is 87.2 cm³/mol. The molecule has 0 aliphatic carbocycles. The molecule has 0 aliphatic rings. The summed E-state index contributed by atoms with van der Waals surface area (Å²) in [7, 11) is 1.89. The fraction of sp³-hybridized carbons (Fsp3) is 0.600. The van der Waals surface area contributed by atoms with E-state index in [9.17, 15) is 0 Å². The van der Waals surface area contributed by atoms with Crippen molar-refractivity contribution in [1.29, 1.82) is 0 Å². The maximum absolute atomic E-state index is 3.83. The van der Waals surface area contributed by atoms with Crippen LogP contribution in [-0.2, 0) is 7.05 Å². The van der Waals surface area contributed by atoms with Gasteiger partial charge in [0.1, 0.15) is 0 Å². The molecular formula is C15H34N4. The lowest BCUT2D eigenvalue weighted by atomic mass is 10.8. The Hall–Kier alpha value is -1.58. The summed E-state index contributed by atoms with van der Waals surface area (Å²) in [5.74, 6) is 0. The molecule has 0 saturated heterocycles. The second-order valence-electron chi connectivity index (χ2n) is 1.94. The molecule has 0 aromatic carbocycles. The molecule has 0 aliphatic heterocycles. The van der Waals surface area contributed by atoms with Gasteiger partial charge in [0, 0.05) is 31.8 Å². The highest BCUT2D eigenvalue weighted by Crippen LogP contribution is 1.73. The van der Waals surface area contributed by atoms with Crippen molar-refractivity contribution < 1.29 is 0 Å². The van der Waals surface area contributed by atoms with E-state index in [4.69, 9.17) is 0 Å². The molecule has 2 aromatic heterocycles. The van der Waals surface area contributed by atoms with Gasteiger partial charge in [-0.25, -0.2) is 4.98 Å². The van der Waals surface area contributed by atoms with E-state index in [1.807, 2.05) is 74.7 Å². The lowest BCUT2D eigenvalue weighted by Gasteiger charge is -1.77. The molecule has 0 saturated carbocycles. The van der Waals surface area contributed by atoms with E-state index >= 15 is 0 Å². The quantitative estimate of drug-likeness (QED) is 0.737. The van der Waals surface area contributed by atoms with E-state index in [-0.39, 0.29) is 0 Å². The average molecular weight is 270 g/mol. The van der Waals surface area contributed by atoms with Crippen LogP contribution in [0.5, 0.6) is 0 Å². The van der Waals surface area contributed by atoms with Crippen molar-refractivity contribution in [3.63, 3.8) is 0 Å². The van der Waals surface area contributed by atoms with Crippen molar-refractivity contribution in [2.24, 2.45) is 7.05 Å². The second kappa shape index (κ2) is 36.0. The van der Waals surface area contributed by atoms with E-state index in [0.717, 1.165) is 0 Å². The molecular weight excluding hydrogens is 236 g/mol. The molecule has 2 aromatic rings. The molecule has 4 heteroatoms. The number of rotatable bonds is 0. The first-order valence-corrected chi connectivity index (χ1v) is 7.26. The fourth-order valence-electron chi connectivity index (χ4n) is 0.560. The summed E-state index contributed by atoms with van der Waals surface area (Å²) in [4.78, 5) is 6.42. The van der Waals surface area contributed by atoms with Crippen molar-refractivity contribution in [3.05, 3.63) is 37.2 Å². The lowest BCUT2D eigenvalue weighted by Crippen LogP contribution is -1.83. The van der Waals surface area contributed by atoms with Gasteiger partial charge in [0.2, 0.25) is 0 Å². The zero-order chi connectivity index (χ0) is 15.9. The number of H-pyrrole nitrogens is 1. The van der Waals surface area contributed by atoms with Crippen molar-refractivity contribution in [1.82, 2.24) is 19.7 Å². The van der Waals surface area contributed by atoms with Gasteiger partial charge in [-0.15, -0.1) is 0 Å². The predicted octanol–water partition coefficient (Wildman–Crippen LogP) is 4.93. The van der Waals surface area contributed by atoms with E-state index in [2.05, 4.69) is 15.1 Å². The summed E-state index contributed by atoms with van der Waals surface area (Å²) in [6.45, 7) is 16.0. The van der Waals surface area contributed by atoms with Gasteiger partial charge in [0.15, 0.2) is 0 Å². The van der Waals surface area contributed by atoms with Crippen LogP contribution in [0.2, 0.25) is 0 Å². The van der Waals surface area contributed by atoms with Gasteiger partial charge in [-0.2, -0.15) is 5.10 Å². The average Bonchev–Trinajstić information content (AvgIpc) is 3.23. The Morgan fingerprint density at radius 1 is 0.842 bits per heavy atom. The Balaban J connectivity index is -0.0000000790. The van der Waals surface area contributed by atoms with Crippen LogP contribution in [-0.4, -0.2) is 19.7 Å². The Bertz CT molecular complexity index is 232. The Morgan fingerprint density at radius 2 is 1.37 bits per heavy atom. The highest BCUT2D eigenvalue weighted by molar-refractivity contribution is 4.75. The fourth-order valence-corrected chi connectivity index (χ4v) is 0.560. The zero-order valence-corrected chi connectivity index (χ0v) is 14.3. The monoisotopic (exact) mass is 270 g/mol. The molecule has 0 amide bonds. The molecule has 2 rings (SSSR count). The summed E-state index contributed by atoms with van der Waals surface area (Å²) in [5.41, 5.74) is 0. The first-order chi connectivity index (χ1) is 9.39. The Labute approximate surface area is 120 Å². The summed E-state index contributed by atoms with van der Waals surface area (Å²) in [6, 6.07) is 1.89. The number of aryl methyl sites for hydroxylation is 1. The molecule has 2 heterocycles. The van der Waals surface area contributed by atoms with E-state index in [0.29, 0.717) is 0 Å². The normalized spacial score (nSPS) is 6.16. The Kier molecular flexibility index (Phi) is 49.4. The molecule has 0 radical (unpaired) electrons. The number of hydrogen-bond acceptors (Lipinski definition) is 2. The van der Waals surface area contributed by atoms with Crippen LogP contribution in [0.3, 0.4) is 0 Å². The lowest BCUT2D eigenvalue weighted by molar-refractivity contribution is 0.768. The molecule has 19 heavy (non-hydrogen) atoms. The van der Waals surface area contributed by atoms with Crippen LogP contribution >= 0.6 is 0 Å². The molecule has 0 unspecified atom stereocenters. The molecule has 0 spiro atoms. The van der Waals surface area contributed by atoms with Crippen molar-refractivity contribution in [2.45, 2.75) is 55.4 Å². The number of hydrogen-bond donors (Lipinski definition) is 1. The summed E-state index contributed by atoms with van der Waals surface area (Å²) >= 11 is 0. The molecule has 114 valence electrons. The molecule has 0 atom stereocenters. The highest BCUT2D eigenvalue weighted by Gasteiger charge is 1.69. The minimum atomic E-state index is 1.62. The smallest absolute Gasteiger partial charge is 0.0919 e. The van der Waals surface area contributed by atoms with E-state index < -0.39 is 0 Å². The van der Waals surface area contributed by atoms with E-state index in [1.165, 1.54) is 0 Å². The van der Waals surface area contributed by atoms with Crippen molar-refractivity contribution in [2.75, 3.05) is 0 Å². The standard InChI is InChI=1S/C4H6N2.C3H4N2.4C2H6/c1-6-4-2-3-5-6;1-2-5-3-4-1;4*1-2/h2-4H,1H3;1-3H,(H,4,5);4*1-2H3. The largest absolute Gasteiger partial charge is 0.351 e. The van der Waals surface area contributed by atoms with Gasteiger partial charge in [-0.1, -0.05) is 55.4 Å². The number of aromatic amines is 1. The van der Waals surface area contributed by atoms with E-state index in [1.54, 1.807) is 29.6 Å². The van der Waals surface area contributed by atoms with Crippen LogP contribution in [0.4, 0.5) is 0 Å². The molecule has 0 fully saturated rings. The molecule has 4 nitrogen and oxygen atoms in total. The maximum Gasteiger partial charge on any atom is 0.0919 e. The summed E-state index contributed by atoms with van der Waals surface area (Å²) in [6.07, 6.45) is 8.72. The van der Waals surface area contributed by atoms with Gasteiger partial charge >= 0.3 is 0 Å². The zero-order valence-electron chi connectivity index (χ0n) is 14.3. The van der Waals surface area contributed by atoms with Gasteiger partial charge in [0.05, 0.1) is 6.33 Å². The summed E-state index contributed by atoms with van der Waals surface area (Å²) < 4.78 is 1.75. The van der Waals surface area contributed by atoms with Gasteiger partial charge in [-0.3, -0.25) is 4.68 Å². The minimum absolute atomic E-state index is 1.62. The number of imidazole rings is 1. The third-order valence-corrected chi connectivity index (χ3v) is 1.04. The van der Waals surface area contributed by atoms with Gasteiger partial charge in [-0.05, 0) is 6.07 Å². The van der Waals surface area contributed by atoms with Gasteiger partial charge < -0.3 is 4.98 Å².